The molecular formula is C18H19ClFNO2S. The quantitative estimate of drug-likeness (QED) is 0.782. The predicted molar refractivity (Wildman–Crippen MR) is 93.0 cm³/mol. The van der Waals surface area contributed by atoms with Gasteiger partial charge in [-0.3, -0.25) is 0 Å². The van der Waals surface area contributed by atoms with E-state index >= 15 is 0 Å². The van der Waals surface area contributed by atoms with Gasteiger partial charge in [-0.05, 0) is 54.8 Å². The van der Waals surface area contributed by atoms with Crippen LogP contribution in [0.3, 0.4) is 0 Å². The zero-order chi connectivity index (χ0) is 17.2. The van der Waals surface area contributed by atoms with Crippen molar-refractivity contribution in [2.75, 3.05) is 6.54 Å². The maximum Gasteiger partial charge on any atom is 0.243 e. The molecule has 2 aromatic carbocycles. The minimum absolute atomic E-state index is 0.218. The molecule has 1 heterocycles. The molecule has 0 bridgehead atoms. The predicted octanol–water partition coefficient (Wildman–Crippen LogP) is 4.79. The van der Waals surface area contributed by atoms with E-state index in [2.05, 4.69) is 0 Å². The third-order valence-corrected chi connectivity index (χ3v) is 6.53. The smallest absolute Gasteiger partial charge is 0.207 e. The molecule has 6 heteroatoms. The number of benzene rings is 2. The largest absolute Gasteiger partial charge is 0.243 e. The van der Waals surface area contributed by atoms with Gasteiger partial charge in [0.2, 0.25) is 10.0 Å². The number of halogens is 2. The van der Waals surface area contributed by atoms with Crippen LogP contribution in [0.15, 0.2) is 53.4 Å². The lowest BCUT2D eigenvalue weighted by atomic mass is 10.0. The fourth-order valence-corrected chi connectivity index (χ4v) is 4.97. The monoisotopic (exact) mass is 367 g/mol. The minimum Gasteiger partial charge on any atom is -0.207 e. The normalized spacial score (nSPS) is 19.8. The van der Waals surface area contributed by atoms with E-state index in [9.17, 15) is 12.8 Å². The van der Waals surface area contributed by atoms with E-state index in [4.69, 9.17) is 11.6 Å². The van der Waals surface area contributed by atoms with E-state index in [-0.39, 0.29) is 16.8 Å². The SMILES string of the molecule is O=S(=O)(c1ccc(Cl)cc1)N1CCCCCC1c1cccc(F)c1. The third-order valence-electron chi connectivity index (χ3n) is 4.36. The summed E-state index contributed by atoms with van der Waals surface area (Å²) in [6.07, 6.45) is 3.39. The molecule has 1 aliphatic heterocycles. The standard InChI is InChI=1S/C18H19ClFNO2S/c19-15-8-10-17(11-9-15)24(22,23)21-12-3-1-2-7-18(21)14-5-4-6-16(20)13-14/h4-6,8-11,13,18H,1-3,7,12H2. The van der Waals surface area contributed by atoms with Crippen molar-refractivity contribution in [2.24, 2.45) is 0 Å². The van der Waals surface area contributed by atoms with Crippen LogP contribution in [0.2, 0.25) is 5.02 Å². The van der Waals surface area contributed by atoms with Gasteiger partial charge in [-0.1, -0.05) is 36.6 Å². The fraction of sp³-hybridized carbons (Fsp3) is 0.333. The molecule has 0 radical (unpaired) electrons. The molecule has 1 unspecified atom stereocenters. The lowest BCUT2D eigenvalue weighted by Crippen LogP contribution is -2.34. The molecule has 0 spiro atoms. The highest BCUT2D eigenvalue weighted by molar-refractivity contribution is 7.89. The summed E-state index contributed by atoms with van der Waals surface area (Å²) in [5.41, 5.74) is 0.703. The summed E-state index contributed by atoms with van der Waals surface area (Å²) < 4.78 is 41.4. The first kappa shape index (κ1) is 17.4. The zero-order valence-electron chi connectivity index (χ0n) is 13.2. The highest BCUT2D eigenvalue weighted by Crippen LogP contribution is 2.35. The molecule has 0 aliphatic carbocycles. The van der Waals surface area contributed by atoms with Crippen molar-refractivity contribution in [3.8, 4) is 0 Å². The van der Waals surface area contributed by atoms with Gasteiger partial charge in [0.15, 0.2) is 0 Å². The topological polar surface area (TPSA) is 37.4 Å². The average molecular weight is 368 g/mol. The van der Waals surface area contributed by atoms with Crippen LogP contribution in [0.4, 0.5) is 4.39 Å². The van der Waals surface area contributed by atoms with Gasteiger partial charge in [-0.2, -0.15) is 4.31 Å². The van der Waals surface area contributed by atoms with Crippen molar-refractivity contribution >= 4 is 21.6 Å². The summed E-state index contributed by atoms with van der Waals surface area (Å²) in [6.45, 7) is 0.437. The van der Waals surface area contributed by atoms with Crippen LogP contribution < -0.4 is 0 Å². The molecule has 0 saturated carbocycles. The second kappa shape index (κ2) is 7.21. The summed E-state index contributed by atoms with van der Waals surface area (Å²) in [6, 6.07) is 12.1. The van der Waals surface area contributed by atoms with Crippen molar-refractivity contribution in [1.29, 1.82) is 0 Å². The van der Waals surface area contributed by atoms with E-state index in [1.165, 1.54) is 28.6 Å². The van der Waals surface area contributed by atoms with Gasteiger partial charge in [-0.25, -0.2) is 12.8 Å². The van der Waals surface area contributed by atoms with Gasteiger partial charge in [0.25, 0.3) is 0 Å². The van der Waals surface area contributed by atoms with Crippen molar-refractivity contribution in [1.82, 2.24) is 4.31 Å². The highest BCUT2D eigenvalue weighted by atomic mass is 35.5. The lowest BCUT2D eigenvalue weighted by Gasteiger charge is -2.29. The molecule has 0 amide bonds. The molecule has 2 aromatic rings. The molecule has 1 atom stereocenters. The van der Waals surface area contributed by atoms with E-state index in [1.807, 2.05) is 0 Å². The van der Waals surface area contributed by atoms with Gasteiger partial charge in [-0.15, -0.1) is 0 Å². The molecule has 1 aliphatic rings. The van der Waals surface area contributed by atoms with Crippen molar-refractivity contribution in [3.63, 3.8) is 0 Å². The molecule has 3 rings (SSSR count). The molecular weight excluding hydrogens is 349 g/mol. The Hall–Kier alpha value is -1.43. The maximum atomic E-state index is 13.6. The van der Waals surface area contributed by atoms with E-state index in [1.54, 1.807) is 24.3 Å². The second-order valence-electron chi connectivity index (χ2n) is 5.99. The van der Waals surface area contributed by atoms with E-state index < -0.39 is 10.0 Å². The first-order chi connectivity index (χ1) is 11.5. The fourth-order valence-electron chi connectivity index (χ4n) is 3.16. The molecule has 0 N–H and O–H groups in total. The van der Waals surface area contributed by atoms with Gasteiger partial charge >= 0.3 is 0 Å². The zero-order valence-corrected chi connectivity index (χ0v) is 14.7. The van der Waals surface area contributed by atoms with Crippen molar-refractivity contribution < 1.29 is 12.8 Å². The average Bonchev–Trinajstić information content (AvgIpc) is 2.81. The third kappa shape index (κ3) is 3.63. The Morgan fingerprint density at radius 1 is 1.04 bits per heavy atom. The number of nitrogens with zero attached hydrogens (tertiary/aromatic N) is 1. The van der Waals surface area contributed by atoms with Gasteiger partial charge < -0.3 is 0 Å². The van der Waals surface area contributed by atoms with Crippen LogP contribution in [0.25, 0.3) is 0 Å². The van der Waals surface area contributed by atoms with E-state index in [0.717, 1.165) is 19.3 Å². The first-order valence-corrected chi connectivity index (χ1v) is 9.83. The molecule has 1 saturated heterocycles. The molecule has 128 valence electrons. The number of sulfonamides is 1. The van der Waals surface area contributed by atoms with Gasteiger partial charge in [0.05, 0.1) is 10.9 Å². The summed E-state index contributed by atoms with van der Waals surface area (Å²) in [5, 5.41) is 0.492. The summed E-state index contributed by atoms with van der Waals surface area (Å²) >= 11 is 5.87. The van der Waals surface area contributed by atoms with Crippen LogP contribution in [0, 0.1) is 5.82 Å². The number of hydrogen-bond acceptors (Lipinski definition) is 2. The van der Waals surface area contributed by atoms with Crippen molar-refractivity contribution in [3.05, 3.63) is 64.9 Å². The lowest BCUT2D eigenvalue weighted by molar-refractivity contribution is 0.328. The molecule has 1 fully saturated rings. The van der Waals surface area contributed by atoms with Gasteiger partial charge in [0.1, 0.15) is 5.82 Å². The van der Waals surface area contributed by atoms with E-state index in [0.29, 0.717) is 23.6 Å². The van der Waals surface area contributed by atoms with Crippen molar-refractivity contribution in [2.45, 2.75) is 36.6 Å². The van der Waals surface area contributed by atoms with Crippen LogP contribution >= 0.6 is 11.6 Å². The minimum atomic E-state index is -3.66. The Kier molecular flexibility index (Phi) is 5.23. The summed E-state index contributed by atoms with van der Waals surface area (Å²) in [7, 11) is -3.66. The Morgan fingerprint density at radius 2 is 1.79 bits per heavy atom. The van der Waals surface area contributed by atoms with Gasteiger partial charge in [0, 0.05) is 11.6 Å². The molecule has 0 aromatic heterocycles. The highest BCUT2D eigenvalue weighted by Gasteiger charge is 2.33. The molecule has 24 heavy (non-hydrogen) atoms. The Morgan fingerprint density at radius 3 is 2.50 bits per heavy atom. The Labute approximate surface area is 147 Å². The Balaban J connectivity index is 2.02. The van der Waals surface area contributed by atoms with Crippen LogP contribution in [0.5, 0.6) is 0 Å². The number of rotatable bonds is 3. The first-order valence-electron chi connectivity index (χ1n) is 8.01. The maximum absolute atomic E-state index is 13.6. The van der Waals surface area contributed by atoms with Crippen LogP contribution in [-0.2, 0) is 10.0 Å². The van der Waals surface area contributed by atoms with Crippen LogP contribution in [-0.4, -0.2) is 19.3 Å². The second-order valence-corrected chi connectivity index (χ2v) is 8.32. The molecule has 3 nitrogen and oxygen atoms in total. The summed E-state index contributed by atoms with van der Waals surface area (Å²) in [4.78, 5) is 0.218. The summed E-state index contributed by atoms with van der Waals surface area (Å²) in [5.74, 6) is -0.347. The van der Waals surface area contributed by atoms with Crippen LogP contribution in [0.1, 0.15) is 37.3 Å². The number of hydrogen-bond donors (Lipinski definition) is 0. The Bertz CT molecular complexity index is 808.